The van der Waals surface area contributed by atoms with Crippen molar-refractivity contribution in [2.24, 2.45) is 5.10 Å². The van der Waals surface area contributed by atoms with E-state index in [1.54, 1.807) is 25.3 Å². The maximum absolute atomic E-state index is 11.9. The Bertz CT molecular complexity index is 762. The Labute approximate surface area is 130 Å². The lowest BCUT2D eigenvalue weighted by Crippen LogP contribution is -2.34. The minimum absolute atomic E-state index is 0.248. The number of para-hydroxylation sites is 1. The highest BCUT2D eigenvalue weighted by Gasteiger charge is 2.14. The van der Waals surface area contributed by atoms with Gasteiger partial charge in [-0.3, -0.25) is 4.79 Å². The molecule has 3 rings (SSSR count). The van der Waals surface area contributed by atoms with Gasteiger partial charge in [0.15, 0.2) is 5.13 Å². The Morgan fingerprint density at radius 2 is 2.23 bits per heavy atom. The van der Waals surface area contributed by atoms with Gasteiger partial charge in [-0.1, -0.05) is 23.5 Å². The molecule has 22 heavy (non-hydrogen) atoms. The smallest absolute Gasteiger partial charge is 0.262 e. The van der Waals surface area contributed by atoms with Crippen LogP contribution in [0.1, 0.15) is 12.7 Å². The van der Waals surface area contributed by atoms with Gasteiger partial charge in [-0.15, -0.1) is 0 Å². The molecule has 1 amide bonds. The van der Waals surface area contributed by atoms with Crippen LogP contribution >= 0.6 is 11.3 Å². The maximum atomic E-state index is 11.9. The zero-order valence-corrected chi connectivity index (χ0v) is 12.6. The molecular formula is C15H14N4O2S. The van der Waals surface area contributed by atoms with Crippen molar-refractivity contribution in [1.82, 2.24) is 10.4 Å². The number of carbonyl (C=O) groups is 1. The molecule has 0 saturated heterocycles. The Hall–Kier alpha value is -2.67. The summed E-state index contributed by atoms with van der Waals surface area (Å²) in [6, 6.07) is 10.9. The molecule has 0 fully saturated rings. The highest BCUT2D eigenvalue weighted by Crippen LogP contribution is 2.25. The molecule has 0 bridgehead atoms. The molecule has 0 spiro atoms. The van der Waals surface area contributed by atoms with E-state index in [1.807, 2.05) is 24.3 Å². The van der Waals surface area contributed by atoms with E-state index in [-0.39, 0.29) is 5.91 Å². The van der Waals surface area contributed by atoms with Crippen LogP contribution in [0, 0.1) is 0 Å². The summed E-state index contributed by atoms with van der Waals surface area (Å²) in [5, 5.41) is 7.62. The van der Waals surface area contributed by atoms with Gasteiger partial charge in [-0.25, -0.2) is 10.4 Å². The molecule has 0 aliphatic rings. The minimum Gasteiger partial charge on any atom is -0.463 e. The highest BCUT2D eigenvalue weighted by atomic mass is 32.1. The van der Waals surface area contributed by atoms with Crippen molar-refractivity contribution in [1.29, 1.82) is 0 Å². The molecule has 112 valence electrons. The first-order chi connectivity index (χ1) is 10.7. The van der Waals surface area contributed by atoms with Crippen molar-refractivity contribution in [3.63, 3.8) is 0 Å². The van der Waals surface area contributed by atoms with Crippen LogP contribution in [0.3, 0.4) is 0 Å². The molecule has 1 aromatic carbocycles. The van der Waals surface area contributed by atoms with E-state index in [2.05, 4.69) is 20.8 Å². The number of amides is 1. The minimum atomic E-state index is -0.450. The molecule has 2 heterocycles. The standard InChI is InChI=1S/C15H14N4O2S/c1-10(14(20)19-16-9-11-5-4-8-21-11)17-15-18-12-6-2-3-7-13(12)22-15/h2-10H,1H3,(H,17,18)(H,19,20)/b16-9-/t10-/m0/s1. The van der Waals surface area contributed by atoms with Crippen LogP contribution in [0.25, 0.3) is 10.2 Å². The average Bonchev–Trinajstić information content (AvgIpc) is 3.15. The third kappa shape index (κ3) is 3.32. The fourth-order valence-corrected chi connectivity index (χ4v) is 2.76. The van der Waals surface area contributed by atoms with E-state index in [0.717, 1.165) is 10.2 Å². The van der Waals surface area contributed by atoms with E-state index in [9.17, 15) is 4.79 Å². The number of rotatable bonds is 5. The van der Waals surface area contributed by atoms with E-state index >= 15 is 0 Å². The third-order valence-corrected chi connectivity index (χ3v) is 3.90. The van der Waals surface area contributed by atoms with Gasteiger partial charge in [-0.2, -0.15) is 5.10 Å². The monoisotopic (exact) mass is 314 g/mol. The van der Waals surface area contributed by atoms with Crippen LogP contribution in [0.15, 0.2) is 52.2 Å². The van der Waals surface area contributed by atoms with Crippen LogP contribution in [0.4, 0.5) is 5.13 Å². The largest absolute Gasteiger partial charge is 0.463 e. The maximum Gasteiger partial charge on any atom is 0.262 e. The second-order valence-electron chi connectivity index (χ2n) is 4.60. The summed E-state index contributed by atoms with van der Waals surface area (Å²) in [6.07, 6.45) is 2.99. The number of hydrogen-bond acceptors (Lipinski definition) is 6. The molecule has 0 radical (unpaired) electrons. The van der Waals surface area contributed by atoms with Gasteiger partial charge in [0, 0.05) is 0 Å². The Morgan fingerprint density at radius 1 is 1.36 bits per heavy atom. The number of benzene rings is 1. The van der Waals surface area contributed by atoms with Gasteiger partial charge in [0.25, 0.3) is 5.91 Å². The average molecular weight is 314 g/mol. The quantitative estimate of drug-likeness (QED) is 0.560. The van der Waals surface area contributed by atoms with Crippen LogP contribution in [-0.2, 0) is 4.79 Å². The zero-order chi connectivity index (χ0) is 15.4. The topological polar surface area (TPSA) is 79.5 Å². The summed E-state index contributed by atoms with van der Waals surface area (Å²) in [5.41, 5.74) is 3.37. The van der Waals surface area contributed by atoms with Gasteiger partial charge < -0.3 is 9.73 Å². The van der Waals surface area contributed by atoms with Crippen LogP contribution < -0.4 is 10.7 Å². The third-order valence-electron chi connectivity index (χ3n) is 2.94. The molecule has 0 aliphatic carbocycles. The predicted molar refractivity (Wildman–Crippen MR) is 87.1 cm³/mol. The van der Waals surface area contributed by atoms with Crippen molar-refractivity contribution >= 4 is 38.8 Å². The number of hydrogen-bond donors (Lipinski definition) is 2. The van der Waals surface area contributed by atoms with Crippen molar-refractivity contribution in [2.75, 3.05) is 5.32 Å². The SMILES string of the molecule is C[C@H](Nc1nc2ccccc2s1)C(=O)N/N=C\c1ccco1. The summed E-state index contributed by atoms with van der Waals surface area (Å²) in [4.78, 5) is 16.4. The van der Waals surface area contributed by atoms with Gasteiger partial charge in [0.1, 0.15) is 11.8 Å². The molecule has 1 atom stereocenters. The number of aromatic nitrogens is 1. The molecule has 0 aliphatic heterocycles. The second-order valence-corrected chi connectivity index (χ2v) is 5.63. The lowest BCUT2D eigenvalue weighted by Gasteiger charge is -2.10. The fourth-order valence-electron chi connectivity index (χ4n) is 1.81. The summed E-state index contributed by atoms with van der Waals surface area (Å²) < 4.78 is 6.16. The Kier molecular flexibility index (Phi) is 4.15. The summed E-state index contributed by atoms with van der Waals surface area (Å²) in [5.74, 6) is 0.328. The van der Waals surface area contributed by atoms with Gasteiger partial charge in [0.05, 0.1) is 22.7 Å². The predicted octanol–water partition coefficient (Wildman–Crippen LogP) is 2.84. The number of anilines is 1. The van der Waals surface area contributed by atoms with Gasteiger partial charge in [0.2, 0.25) is 0 Å². The molecule has 6 nitrogen and oxygen atoms in total. The lowest BCUT2D eigenvalue weighted by atomic mass is 10.3. The molecule has 2 N–H and O–H groups in total. The van der Waals surface area contributed by atoms with Crippen molar-refractivity contribution in [2.45, 2.75) is 13.0 Å². The number of nitrogens with zero attached hydrogens (tertiary/aromatic N) is 2. The zero-order valence-electron chi connectivity index (χ0n) is 11.8. The molecular weight excluding hydrogens is 300 g/mol. The van der Waals surface area contributed by atoms with E-state index in [0.29, 0.717) is 10.9 Å². The number of hydrazone groups is 1. The first-order valence-corrected chi connectivity index (χ1v) is 7.52. The first kappa shape index (κ1) is 14.3. The summed E-state index contributed by atoms with van der Waals surface area (Å²) in [7, 11) is 0. The van der Waals surface area contributed by atoms with Crippen molar-refractivity contribution in [3.05, 3.63) is 48.4 Å². The van der Waals surface area contributed by atoms with Crippen LogP contribution in [0.5, 0.6) is 0 Å². The van der Waals surface area contributed by atoms with E-state index in [4.69, 9.17) is 4.42 Å². The summed E-state index contributed by atoms with van der Waals surface area (Å²) in [6.45, 7) is 1.75. The normalized spacial score (nSPS) is 12.6. The number of carbonyl (C=O) groups excluding carboxylic acids is 1. The van der Waals surface area contributed by atoms with Gasteiger partial charge >= 0.3 is 0 Å². The highest BCUT2D eigenvalue weighted by molar-refractivity contribution is 7.22. The number of fused-ring (bicyclic) bond motifs is 1. The second kappa shape index (κ2) is 6.40. The molecule has 2 aromatic heterocycles. The Balaban J connectivity index is 1.58. The Morgan fingerprint density at radius 3 is 3.00 bits per heavy atom. The number of thiazole rings is 1. The number of furan rings is 1. The van der Waals surface area contributed by atoms with Gasteiger partial charge in [-0.05, 0) is 31.2 Å². The van der Waals surface area contributed by atoms with Crippen LogP contribution in [0.2, 0.25) is 0 Å². The molecule has 0 saturated carbocycles. The lowest BCUT2D eigenvalue weighted by molar-refractivity contribution is -0.121. The van der Waals surface area contributed by atoms with Crippen LogP contribution in [-0.4, -0.2) is 23.1 Å². The molecule has 3 aromatic rings. The van der Waals surface area contributed by atoms with Crippen molar-refractivity contribution in [3.8, 4) is 0 Å². The number of nitrogens with one attached hydrogen (secondary N) is 2. The molecule has 0 unspecified atom stereocenters. The van der Waals surface area contributed by atoms with E-state index in [1.165, 1.54) is 17.6 Å². The first-order valence-electron chi connectivity index (χ1n) is 6.71. The summed E-state index contributed by atoms with van der Waals surface area (Å²) >= 11 is 1.51. The molecule has 7 heteroatoms. The van der Waals surface area contributed by atoms with Crippen molar-refractivity contribution < 1.29 is 9.21 Å². The fraction of sp³-hybridized carbons (Fsp3) is 0.133. The van der Waals surface area contributed by atoms with E-state index < -0.39 is 6.04 Å².